The third kappa shape index (κ3) is 5.97. The summed E-state index contributed by atoms with van der Waals surface area (Å²) in [5.41, 5.74) is 5.63. The molecule has 0 bridgehead atoms. The third-order valence-corrected chi connectivity index (χ3v) is 3.42. The van der Waals surface area contributed by atoms with Crippen molar-refractivity contribution in [2.24, 2.45) is 5.73 Å². The largest absolute Gasteiger partial charge is 0.379 e. The van der Waals surface area contributed by atoms with Gasteiger partial charge in [0.2, 0.25) is 10.0 Å². The first-order chi connectivity index (χ1) is 8.03. The first kappa shape index (κ1) is 14.4. The molecule has 0 aliphatic rings. The highest BCUT2D eigenvalue weighted by Crippen LogP contribution is 2.14. The molecule has 0 saturated carbocycles. The number of nitrogens with two attached hydrogens (primary N) is 1. The predicted octanol–water partition coefficient (Wildman–Crippen LogP) is 0.561. The Morgan fingerprint density at radius 1 is 1.41 bits per heavy atom. The Bertz CT molecular complexity index is 453. The molecule has 1 aromatic rings. The van der Waals surface area contributed by atoms with Crippen LogP contribution in [-0.4, -0.2) is 38.9 Å². The second kappa shape index (κ2) is 6.90. The van der Waals surface area contributed by atoms with Crippen LogP contribution in [0.25, 0.3) is 0 Å². The minimum atomic E-state index is -3.41. The highest BCUT2D eigenvalue weighted by molar-refractivity contribution is 9.10. The molecular formula is C9H14BrN3O3S. The van der Waals surface area contributed by atoms with E-state index in [0.717, 1.165) is 0 Å². The number of rotatable bonds is 7. The summed E-state index contributed by atoms with van der Waals surface area (Å²) in [6, 6.07) is 1.63. The molecule has 0 aliphatic carbocycles. The molecule has 0 aromatic carbocycles. The summed E-state index contributed by atoms with van der Waals surface area (Å²) in [4.78, 5) is 3.86. The number of nitrogens with zero attached hydrogens (tertiary/aromatic N) is 1. The van der Waals surface area contributed by atoms with Crippen LogP contribution < -0.4 is 10.5 Å². The van der Waals surface area contributed by atoms with Crippen LogP contribution in [0.2, 0.25) is 0 Å². The molecule has 96 valence electrons. The lowest BCUT2D eigenvalue weighted by Crippen LogP contribution is -2.21. The van der Waals surface area contributed by atoms with Crippen LogP contribution in [-0.2, 0) is 14.8 Å². The van der Waals surface area contributed by atoms with E-state index in [9.17, 15) is 8.42 Å². The Kier molecular flexibility index (Phi) is 5.83. The van der Waals surface area contributed by atoms with Crippen molar-refractivity contribution in [3.63, 3.8) is 0 Å². The van der Waals surface area contributed by atoms with Crippen LogP contribution >= 0.6 is 15.9 Å². The van der Waals surface area contributed by atoms with Gasteiger partial charge in [0.15, 0.2) is 0 Å². The van der Waals surface area contributed by atoms with Crippen LogP contribution in [0.15, 0.2) is 22.9 Å². The van der Waals surface area contributed by atoms with Gasteiger partial charge in [0.1, 0.15) is 0 Å². The van der Waals surface area contributed by atoms with Gasteiger partial charge in [0.05, 0.1) is 30.9 Å². The molecular weight excluding hydrogens is 310 g/mol. The SMILES string of the molecule is NCCOCCS(=O)(=O)Nc1cncc(Br)c1. The number of hydrogen-bond donors (Lipinski definition) is 2. The minimum Gasteiger partial charge on any atom is -0.379 e. The molecule has 0 amide bonds. The Morgan fingerprint density at radius 2 is 2.18 bits per heavy atom. The number of anilines is 1. The van der Waals surface area contributed by atoms with Crippen molar-refractivity contribution in [1.82, 2.24) is 4.98 Å². The summed E-state index contributed by atoms with van der Waals surface area (Å²) < 4.78 is 31.3. The van der Waals surface area contributed by atoms with Crippen molar-refractivity contribution >= 4 is 31.6 Å². The number of nitrogens with one attached hydrogen (secondary N) is 1. The van der Waals surface area contributed by atoms with Gasteiger partial charge < -0.3 is 10.5 Å². The first-order valence-electron chi connectivity index (χ1n) is 4.92. The third-order valence-electron chi connectivity index (χ3n) is 1.74. The van der Waals surface area contributed by atoms with Crippen molar-refractivity contribution in [3.8, 4) is 0 Å². The monoisotopic (exact) mass is 323 g/mol. The molecule has 0 radical (unpaired) electrons. The van der Waals surface area contributed by atoms with E-state index in [1.807, 2.05) is 0 Å². The van der Waals surface area contributed by atoms with Crippen LogP contribution in [0.3, 0.4) is 0 Å². The van der Waals surface area contributed by atoms with Gasteiger partial charge >= 0.3 is 0 Å². The van der Waals surface area contributed by atoms with Crippen LogP contribution in [0.5, 0.6) is 0 Å². The van der Waals surface area contributed by atoms with Crippen molar-refractivity contribution < 1.29 is 13.2 Å². The fourth-order valence-electron chi connectivity index (χ4n) is 1.05. The van der Waals surface area contributed by atoms with E-state index in [-0.39, 0.29) is 12.4 Å². The molecule has 0 fully saturated rings. The molecule has 0 aliphatic heterocycles. The molecule has 1 rings (SSSR count). The second-order valence-corrected chi connectivity index (χ2v) is 5.97. The standard InChI is InChI=1S/C9H14BrN3O3S/c10-8-5-9(7-12-6-8)13-17(14,15)4-3-16-2-1-11/h5-7,13H,1-4,11H2. The summed E-state index contributed by atoms with van der Waals surface area (Å²) in [6.07, 6.45) is 3.01. The number of ether oxygens (including phenoxy) is 1. The van der Waals surface area contributed by atoms with E-state index in [0.29, 0.717) is 23.3 Å². The maximum Gasteiger partial charge on any atom is 0.235 e. The molecule has 0 spiro atoms. The Balaban J connectivity index is 2.49. The zero-order valence-electron chi connectivity index (χ0n) is 9.10. The van der Waals surface area contributed by atoms with E-state index in [1.54, 1.807) is 12.3 Å². The normalized spacial score (nSPS) is 11.4. The molecule has 1 heterocycles. The molecule has 0 unspecified atom stereocenters. The zero-order chi connectivity index (χ0) is 12.7. The maximum atomic E-state index is 11.6. The molecule has 17 heavy (non-hydrogen) atoms. The van der Waals surface area contributed by atoms with Crippen molar-refractivity contribution in [3.05, 3.63) is 22.9 Å². The highest BCUT2D eigenvalue weighted by Gasteiger charge is 2.10. The van der Waals surface area contributed by atoms with Gasteiger partial charge in [-0.05, 0) is 22.0 Å². The number of sulfonamides is 1. The first-order valence-corrected chi connectivity index (χ1v) is 7.37. The quantitative estimate of drug-likeness (QED) is 0.715. The number of hydrogen-bond acceptors (Lipinski definition) is 5. The van der Waals surface area contributed by atoms with Crippen LogP contribution in [0, 0.1) is 0 Å². The topological polar surface area (TPSA) is 94.3 Å². The predicted molar refractivity (Wildman–Crippen MR) is 69.2 cm³/mol. The van der Waals surface area contributed by atoms with Gasteiger partial charge in [-0.3, -0.25) is 9.71 Å². The fraction of sp³-hybridized carbons (Fsp3) is 0.444. The summed E-state index contributed by atoms with van der Waals surface area (Å²) in [7, 11) is -3.41. The minimum absolute atomic E-state index is 0.112. The van der Waals surface area contributed by atoms with E-state index < -0.39 is 10.0 Å². The summed E-state index contributed by atoms with van der Waals surface area (Å²) in [5.74, 6) is -0.112. The molecule has 0 atom stereocenters. The highest BCUT2D eigenvalue weighted by atomic mass is 79.9. The smallest absolute Gasteiger partial charge is 0.235 e. The van der Waals surface area contributed by atoms with E-state index >= 15 is 0 Å². The number of halogens is 1. The molecule has 6 nitrogen and oxygen atoms in total. The van der Waals surface area contributed by atoms with Crippen LogP contribution in [0.4, 0.5) is 5.69 Å². The summed E-state index contributed by atoms with van der Waals surface area (Å²) >= 11 is 3.21. The molecule has 8 heteroatoms. The summed E-state index contributed by atoms with van der Waals surface area (Å²) in [6.45, 7) is 0.852. The Labute approximate surface area is 109 Å². The zero-order valence-corrected chi connectivity index (χ0v) is 11.5. The molecule has 1 aromatic heterocycles. The number of pyridine rings is 1. The van der Waals surface area contributed by atoms with Crippen molar-refractivity contribution in [2.45, 2.75) is 0 Å². The lowest BCUT2D eigenvalue weighted by Gasteiger charge is -2.08. The maximum absolute atomic E-state index is 11.6. The van der Waals surface area contributed by atoms with E-state index in [4.69, 9.17) is 10.5 Å². The van der Waals surface area contributed by atoms with Gasteiger partial charge in [-0.15, -0.1) is 0 Å². The van der Waals surface area contributed by atoms with Gasteiger partial charge in [0, 0.05) is 17.2 Å². The van der Waals surface area contributed by atoms with E-state index in [1.165, 1.54) is 6.20 Å². The Morgan fingerprint density at radius 3 is 2.82 bits per heavy atom. The van der Waals surface area contributed by atoms with Gasteiger partial charge in [-0.1, -0.05) is 0 Å². The lowest BCUT2D eigenvalue weighted by atomic mass is 10.4. The summed E-state index contributed by atoms with van der Waals surface area (Å²) in [5, 5.41) is 0. The fourth-order valence-corrected chi connectivity index (χ4v) is 2.33. The molecule has 0 saturated heterocycles. The average molecular weight is 324 g/mol. The van der Waals surface area contributed by atoms with Gasteiger partial charge in [-0.2, -0.15) is 0 Å². The van der Waals surface area contributed by atoms with Gasteiger partial charge in [-0.25, -0.2) is 8.42 Å². The van der Waals surface area contributed by atoms with Crippen molar-refractivity contribution in [2.75, 3.05) is 30.2 Å². The second-order valence-electron chi connectivity index (χ2n) is 3.21. The lowest BCUT2D eigenvalue weighted by molar-refractivity contribution is 0.157. The molecule has 3 N–H and O–H groups in total. The van der Waals surface area contributed by atoms with Crippen molar-refractivity contribution in [1.29, 1.82) is 0 Å². The number of aromatic nitrogens is 1. The Hall–Kier alpha value is -0.700. The average Bonchev–Trinajstić information content (AvgIpc) is 2.24. The van der Waals surface area contributed by atoms with Gasteiger partial charge in [0.25, 0.3) is 0 Å². The van der Waals surface area contributed by atoms with E-state index in [2.05, 4.69) is 25.6 Å². The van der Waals surface area contributed by atoms with Crippen LogP contribution in [0.1, 0.15) is 0 Å².